The number of aromatic nitrogens is 2. The molecule has 0 aliphatic carbocycles. The molecule has 0 atom stereocenters. The molecule has 1 aromatic heterocycles. The molecule has 0 radical (unpaired) electrons. The predicted molar refractivity (Wildman–Crippen MR) is 49.1 cm³/mol. The number of hydrogen-bond acceptors (Lipinski definition) is 3. The maximum Gasteiger partial charge on any atom is 0.308 e. The van der Waals surface area contributed by atoms with E-state index < -0.39 is 11.4 Å². The second-order valence-electron chi connectivity index (χ2n) is 3.46. The van der Waals surface area contributed by atoms with Gasteiger partial charge in [-0.25, -0.2) is 9.97 Å². The Hall–Kier alpha value is -1.45. The SMILES string of the molecule is CC(C)(C)C(=O)O.c1cncnc1. The van der Waals surface area contributed by atoms with Crippen molar-refractivity contribution in [3.63, 3.8) is 0 Å². The van der Waals surface area contributed by atoms with E-state index in [1.165, 1.54) is 6.33 Å². The molecular weight excluding hydrogens is 168 g/mol. The van der Waals surface area contributed by atoms with Gasteiger partial charge in [0, 0.05) is 12.4 Å². The highest BCUT2D eigenvalue weighted by molar-refractivity contribution is 5.72. The van der Waals surface area contributed by atoms with E-state index in [1.807, 2.05) is 0 Å². The molecule has 0 aromatic carbocycles. The summed E-state index contributed by atoms with van der Waals surface area (Å²) in [6, 6.07) is 1.78. The number of aliphatic carboxylic acids is 1. The third-order valence-corrected chi connectivity index (χ3v) is 1.12. The lowest BCUT2D eigenvalue weighted by molar-refractivity contribution is -0.145. The van der Waals surface area contributed by atoms with E-state index in [4.69, 9.17) is 5.11 Å². The Labute approximate surface area is 77.7 Å². The number of carboxylic acid groups (broad SMARTS) is 1. The zero-order valence-electron chi connectivity index (χ0n) is 8.06. The zero-order chi connectivity index (χ0) is 10.3. The van der Waals surface area contributed by atoms with Crippen LogP contribution in [0, 0.1) is 5.41 Å². The van der Waals surface area contributed by atoms with Gasteiger partial charge in [-0.2, -0.15) is 0 Å². The van der Waals surface area contributed by atoms with Gasteiger partial charge >= 0.3 is 5.97 Å². The van der Waals surface area contributed by atoms with Crippen molar-refractivity contribution in [3.05, 3.63) is 24.8 Å². The van der Waals surface area contributed by atoms with Crippen LogP contribution in [0.25, 0.3) is 0 Å². The van der Waals surface area contributed by atoms with Crippen molar-refractivity contribution in [1.29, 1.82) is 0 Å². The molecule has 0 spiro atoms. The fourth-order valence-corrected chi connectivity index (χ4v) is 0.253. The summed E-state index contributed by atoms with van der Waals surface area (Å²) in [5.74, 6) is -0.757. The van der Waals surface area contributed by atoms with Crippen LogP contribution in [0.2, 0.25) is 0 Å². The topological polar surface area (TPSA) is 63.1 Å². The summed E-state index contributed by atoms with van der Waals surface area (Å²) in [6.45, 7) is 4.99. The van der Waals surface area contributed by atoms with Crippen LogP contribution in [0.4, 0.5) is 0 Å². The Kier molecular flexibility index (Phi) is 4.66. The number of nitrogens with zero attached hydrogens (tertiary/aromatic N) is 2. The van der Waals surface area contributed by atoms with Gasteiger partial charge in [0.25, 0.3) is 0 Å². The van der Waals surface area contributed by atoms with Crippen LogP contribution in [0.5, 0.6) is 0 Å². The molecule has 0 fully saturated rings. The first-order chi connectivity index (χ1) is 5.94. The fourth-order valence-electron chi connectivity index (χ4n) is 0.253. The zero-order valence-corrected chi connectivity index (χ0v) is 8.06. The summed E-state index contributed by atoms with van der Waals surface area (Å²) in [4.78, 5) is 17.4. The lowest BCUT2D eigenvalue weighted by Gasteiger charge is -2.08. The summed E-state index contributed by atoms with van der Waals surface area (Å²) in [7, 11) is 0. The molecular formula is C9H14N2O2. The normalized spacial score (nSPS) is 9.77. The third-order valence-electron chi connectivity index (χ3n) is 1.12. The van der Waals surface area contributed by atoms with E-state index in [9.17, 15) is 4.79 Å². The predicted octanol–water partition coefficient (Wildman–Crippen LogP) is 1.59. The van der Waals surface area contributed by atoms with Crippen LogP contribution in [0.3, 0.4) is 0 Å². The summed E-state index contributed by atoms with van der Waals surface area (Å²) in [5, 5.41) is 8.25. The number of hydrogen-bond donors (Lipinski definition) is 1. The van der Waals surface area contributed by atoms with Crippen LogP contribution in [0.1, 0.15) is 20.8 Å². The Morgan fingerprint density at radius 1 is 1.23 bits per heavy atom. The molecule has 0 unspecified atom stereocenters. The first kappa shape index (κ1) is 11.6. The Balaban J connectivity index is 0.000000223. The van der Waals surface area contributed by atoms with Gasteiger partial charge in [0.05, 0.1) is 5.41 Å². The summed E-state index contributed by atoms with van der Waals surface area (Å²) in [6.07, 6.45) is 4.88. The monoisotopic (exact) mass is 182 g/mol. The highest BCUT2D eigenvalue weighted by atomic mass is 16.4. The molecule has 0 aliphatic heterocycles. The highest BCUT2D eigenvalue weighted by Crippen LogP contribution is 2.11. The lowest BCUT2D eigenvalue weighted by atomic mass is 9.98. The molecule has 0 amide bonds. The van der Waals surface area contributed by atoms with Crippen molar-refractivity contribution in [2.24, 2.45) is 5.41 Å². The smallest absolute Gasteiger partial charge is 0.308 e. The molecule has 72 valence electrons. The minimum atomic E-state index is -0.757. The molecule has 0 bridgehead atoms. The van der Waals surface area contributed by atoms with Gasteiger partial charge in [0.15, 0.2) is 0 Å². The highest BCUT2D eigenvalue weighted by Gasteiger charge is 2.18. The Morgan fingerprint density at radius 3 is 1.69 bits per heavy atom. The molecule has 4 heteroatoms. The Bertz CT molecular complexity index is 215. The first-order valence-corrected chi connectivity index (χ1v) is 3.88. The van der Waals surface area contributed by atoms with Gasteiger partial charge in [0.1, 0.15) is 6.33 Å². The van der Waals surface area contributed by atoms with E-state index in [2.05, 4.69) is 9.97 Å². The fraction of sp³-hybridized carbons (Fsp3) is 0.444. The van der Waals surface area contributed by atoms with Crippen LogP contribution in [-0.4, -0.2) is 21.0 Å². The maximum atomic E-state index is 10.0. The summed E-state index contributed by atoms with van der Waals surface area (Å²) in [5.41, 5.74) is -0.583. The van der Waals surface area contributed by atoms with Gasteiger partial charge in [-0.15, -0.1) is 0 Å². The lowest BCUT2D eigenvalue weighted by Crippen LogP contribution is -2.18. The van der Waals surface area contributed by atoms with Crippen molar-refractivity contribution >= 4 is 5.97 Å². The van der Waals surface area contributed by atoms with Gasteiger partial charge < -0.3 is 5.11 Å². The Morgan fingerprint density at radius 2 is 1.62 bits per heavy atom. The van der Waals surface area contributed by atoms with Gasteiger partial charge in [-0.1, -0.05) is 0 Å². The first-order valence-electron chi connectivity index (χ1n) is 3.88. The van der Waals surface area contributed by atoms with Gasteiger partial charge in [-0.05, 0) is 26.8 Å². The van der Waals surface area contributed by atoms with Crippen molar-refractivity contribution in [2.75, 3.05) is 0 Å². The van der Waals surface area contributed by atoms with E-state index in [1.54, 1.807) is 39.2 Å². The average molecular weight is 182 g/mol. The molecule has 1 N–H and O–H groups in total. The number of carboxylic acids is 1. The second-order valence-corrected chi connectivity index (χ2v) is 3.46. The number of carbonyl (C=O) groups is 1. The minimum absolute atomic E-state index is 0.583. The average Bonchev–Trinajstić information content (AvgIpc) is 2.07. The molecule has 0 saturated heterocycles. The van der Waals surface area contributed by atoms with Crippen LogP contribution < -0.4 is 0 Å². The molecule has 13 heavy (non-hydrogen) atoms. The molecule has 1 heterocycles. The van der Waals surface area contributed by atoms with E-state index in [0.29, 0.717) is 0 Å². The molecule has 1 rings (SSSR count). The summed E-state index contributed by atoms with van der Waals surface area (Å²) < 4.78 is 0. The van der Waals surface area contributed by atoms with Crippen molar-refractivity contribution in [2.45, 2.75) is 20.8 Å². The van der Waals surface area contributed by atoms with Crippen LogP contribution in [0.15, 0.2) is 24.8 Å². The third kappa shape index (κ3) is 6.93. The molecule has 4 nitrogen and oxygen atoms in total. The maximum absolute atomic E-state index is 10.0. The van der Waals surface area contributed by atoms with Crippen molar-refractivity contribution < 1.29 is 9.90 Å². The van der Waals surface area contributed by atoms with E-state index in [-0.39, 0.29) is 0 Å². The van der Waals surface area contributed by atoms with Crippen LogP contribution >= 0.6 is 0 Å². The summed E-state index contributed by atoms with van der Waals surface area (Å²) >= 11 is 0. The quantitative estimate of drug-likeness (QED) is 0.661. The van der Waals surface area contributed by atoms with Crippen LogP contribution in [-0.2, 0) is 4.79 Å². The molecule has 0 aliphatic rings. The minimum Gasteiger partial charge on any atom is -0.481 e. The van der Waals surface area contributed by atoms with E-state index >= 15 is 0 Å². The van der Waals surface area contributed by atoms with Crippen molar-refractivity contribution in [3.8, 4) is 0 Å². The second kappa shape index (κ2) is 5.24. The largest absolute Gasteiger partial charge is 0.481 e. The van der Waals surface area contributed by atoms with Crippen molar-refractivity contribution in [1.82, 2.24) is 9.97 Å². The molecule has 1 aromatic rings. The van der Waals surface area contributed by atoms with Gasteiger partial charge in [-0.3, -0.25) is 4.79 Å². The number of rotatable bonds is 0. The standard InChI is InChI=1S/C5H10O2.C4H4N2/c1-5(2,3)4(6)7;1-2-5-4-6-3-1/h1-3H3,(H,6,7);1-4H. The van der Waals surface area contributed by atoms with E-state index in [0.717, 1.165) is 0 Å². The molecule has 0 saturated carbocycles. The van der Waals surface area contributed by atoms with Gasteiger partial charge in [0.2, 0.25) is 0 Å².